The van der Waals surface area contributed by atoms with Gasteiger partial charge in [-0.1, -0.05) is 11.6 Å². The van der Waals surface area contributed by atoms with E-state index in [4.69, 9.17) is 23.2 Å². The summed E-state index contributed by atoms with van der Waals surface area (Å²) in [6, 6.07) is 5.95. The molecule has 1 aromatic rings. The van der Waals surface area contributed by atoms with Crippen LogP contribution >= 0.6 is 23.2 Å². The van der Waals surface area contributed by atoms with Gasteiger partial charge in [-0.2, -0.15) is 0 Å². The Morgan fingerprint density at radius 2 is 1.88 bits per heavy atom. The van der Waals surface area contributed by atoms with Crippen LogP contribution < -0.4 is 4.72 Å². The molecule has 1 unspecified atom stereocenters. The van der Waals surface area contributed by atoms with Crippen LogP contribution in [0.5, 0.6) is 0 Å². The van der Waals surface area contributed by atoms with E-state index in [1.165, 1.54) is 12.1 Å². The zero-order valence-corrected chi connectivity index (χ0v) is 11.8. The number of sulfonamides is 1. The number of rotatable bonds is 6. The van der Waals surface area contributed by atoms with E-state index in [-0.39, 0.29) is 10.9 Å². The average Bonchev–Trinajstić information content (AvgIpc) is 2.26. The normalized spacial score (nSPS) is 13.6. The van der Waals surface area contributed by atoms with Gasteiger partial charge in [0.1, 0.15) is 0 Å². The molecule has 0 aliphatic heterocycles. The molecule has 0 saturated carbocycles. The molecule has 0 spiro atoms. The Bertz CT molecular complexity index is 445. The summed E-state index contributed by atoms with van der Waals surface area (Å²) in [5.41, 5.74) is 0. The highest BCUT2D eigenvalue weighted by atomic mass is 35.5. The maximum atomic E-state index is 11.9. The molecule has 1 N–H and O–H groups in total. The maximum absolute atomic E-state index is 11.9. The van der Waals surface area contributed by atoms with Crippen molar-refractivity contribution in [2.24, 2.45) is 0 Å². The van der Waals surface area contributed by atoms with Crippen molar-refractivity contribution in [3.63, 3.8) is 0 Å². The largest absolute Gasteiger partial charge is 0.240 e. The smallest absolute Gasteiger partial charge is 0.208 e. The maximum Gasteiger partial charge on any atom is 0.240 e. The highest BCUT2D eigenvalue weighted by Gasteiger charge is 2.16. The van der Waals surface area contributed by atoms with Gasteiger partial charge in [0.05, 0.1) is 4.90 Å². The Balaban J connectivity index is 2.71. The summed E-state index contributed by atoms with van der Waals surface area (Å²) in [7, 11) is -3.46. The first-order valence-electron chi connectivity index (χ1n) is 5.29. The quantitative estimate of drug-likeness (QED) is 0.820. The molecular formula is C11H15Cl2NO2S. The lowest BCUT2D eigenvalue weighted by Crippen LogP contribution is -2.32. The van der Waals surface area contributed by atoms with Crippen LogP contribution in [0, 0.1) is 0 Å². The Hall–Kier alpha value is -0.290. The van der Waals surface area contributed by atoms with Crippen LogP contribution in [-0.4, -0.2) is 20.3 Å². The van der Waals surface area contributed by atoms with E-state index in [0.717, 1.165) is 12.8 Å². The van der Waals surface area contributed by atoms with Crippen molar-refractivity contribution in [1.29, 1.82) is 0 Å². The molecule has 0 heterocycles. The second-order valence-electron chi connectivity index (χ2n) is 3.81. The lowest BCUT2D eigenvalue weighted by molar-refractivity contribution is 0.544. The lowest BCUT2D eigenvalue weighted by atomic mass is 10.2. The molecule has 0 aliphatic rings. The molecule has 0 radical (unpaired) electrons. The third-order valence-corrected chi connectivity index (χ3v) is 4.38. The summed E-state index contributed by atoms with van der Waals surface area (Å²) in [5.74, 6) is 0.535. The Morgan fingerprint density at radius 3 is 2.41 bits per heavy atom. The van der Waals surface area contributed by atoms with Gasteiger partial charge < -0.3 is 0 Å². The molecule has 6 heteroatoms. The number of nitrogens with one attached hydrogen (secondary N) is 1. The van der Waals surface area contributed by atoms with Crippen LogP contribution in [0.3, 0.4) is 0 Å². The highest BCUT2D eigenvalue weighted by Crippen LogP contribution is 2.14. The number of alkyl halides is 1. The van der Waals surface area contributed by atoms with Crippen molar-refractivity contribution in [2.45, 2.75) is 30.7 Å². The third kappa shape index (κ3) is 4.84. The van der Waals surface area contributed by atoms with Gasteiger partial charge >= 0.3 is 0 Å². The molecule has 0 saturated heterocycles. The van der Waals surface area contributed by atoms with Crippen LogP contribution in [-0.2, 0) is 10.0 Å². The van der Waals surface area contributed by atoms with Crippen molar-refractivity contribution in [1.82, 2.24) is 4.72 Å². The first-order chi connectivity index (χ1) is 7.95. The van der Waals surface area contributed by atoms with Crippen molar-refractivity contribution >= 4 is 33.2 Å². The van der Waals surface area contributed by atoms with Gasteiger partial charge in [-0.05, 0) is 44.0 Å². The second-order valence-corrected chi connectivity index (χ2v) is 6.34. The van der Waals surface area contributed by atoms with Gasteiger partial charge in [-0.15, -0.1) is 11.6 Å². The first-order valence-corrected chi connectivity index (χ1v) is 7.69. The molecule has 0 aliphatic carbocycles. The van der Waals surface area contributed by atoms with Gasteiger partial charge in [0.25, 0.3) is 0 Å². The summed E-state index contributed by atoms with van der Waals surface area (Å²) in [4.78, 5) is 0.222. The van der Waals surface area contributed by atoms with E-state index in [0.29, 0.717) is 10.9 Å². The van der Waals surface area contributed by atoms with Crippen LogP contribution in [0.2, 0.25) is 5.02 Å². The summed E-state index contributed by atoms with van der Waals surface area (Å²) in [5, 5.41) is 0.513. The predicted octanol–water partition coefficient (Wildman–Crippen LogP) is 3.03. The fourth-order valence-electron chi connectivity index (χ4n) is 1.39. The molecule has 0 aromatic heterocycles. The zero-order chi connectivity index (χ0) is 12.9. The third-order valence-electron chi connectivity index (χ3n) is 2.25. The molecule has 0 amide bonds. The summed E-state index contributed by atoms with van der Waals surface area (Å²) >= 11 is 11.3. The molecule has 1 rings (SSSR count). The van der Waals surface area contributed by atoms with Gasteiger partial charge in [-0.25, -0.2) is 13.1 Å². The Kier molecular flexibility index (Phi) is 5.73. The lowest BCUT2D eigenvalue weighted by Gasteiger charge is -2.13. The van der Waals surface area contributed by atoms with E-state index < -0.39 is 10.0 Å². The van der Waals surface area contributed by atoms with Gasteiger partial charge in [0.2, 0.25) is 10.0 Å². The second kappa shape index (κ2) is 6.59. The van der Waals surface area contributed by atoms with Gasteiger partial charge in [-0.3, -0.25) is 0 Å². The average molecular weight is 296 g/mol. The molecule has 96 valence electrons. The van der Waals surface area contributed by atoms with Crippen molar-refractivity contribution in [3.8, 4) is 0 Å². The van der Waals surface area contributed by atoms with E-state index in [1.54, 1.807) is 12.1 Å². The minimum atomic E-state index is -3.46. The molecular weight excluding hydrogens is 281 g/mol. The van der Waals surface area contributed by atoms with Crippen molar-refractivity contribution < 1.29 is 8.42 Å². The summed E-state index contributed by atoms with van der Waals surface area (Å²) in [6.07, 6.45) is 1.50. The molecule has 0 fully saturated rings. The summed E-state index contributed by atoms with van der Waals surface area (Å²) < 4.78 is 26.5. The van der Waals surface area contributed by atoms with Crippen LogP contribution in [0.1, 0.15) is 19.8 Å². The zero-order valence-electron chi connectivity index (χ0n) is 9.49. The fraction of sp³-hybridized carbons (Fsp3) is 0.455. The minimum absolute atomic E-state index is 0.130. The number of benzene rings is 1. The summed E-state index contributed by atoms with van der Waals surface area (Å²) in [6.45, 7) is 1.82. The molecule has 0 bridgehead atoms. The van der Waals surface area contributed by atoms with E-state index in [9.17, 15) is 8.42 Å². The Labute approximate surface area is 112 Å². The fourth-order valence-corrected chi connectivity index (χ4v) is 2.95. The number of halogens is 2. The first kappa shape index (κ1) is 14.8. The van der Waals surface area contributed by atoms with E-state index in [2.05, 4.69) is 4.72 Å². The van der Waals surface area contributed by atoms with Crippen LogP contribution in [0.25, 0.3) is 0 Å². The van der Waals surface area contributed by atoms with Crippen molar-refractivity contribution in [2.75, 3.05) is 5.88 Å². The monoisotopic (exact) mass is 295 g/mol. The molecule has 1 aromatic carbocycles. The number of hydrogen-bond acceptors (Lipinski definition) is 2. The van der Waals surface area contributed by atoms with Gasteiger partial charge in [0, 0.05) is 16.9 Å². The standard InChI is InChI=1S/C11H15Cl2NO2S/c1-9(3-2-8-12)14-17(15,16)11-6-4-10(13)5-7-11/h4-7,9,14H,2-3,8H2,1H3. The van der Waals surface area contributed by atoms with E-state index in [1.807, 2.05) is 6.92 Å². The Morgan fingerprint density at radius 1 is 1.29 bits per heavy atom. The molecule has 3 nitrogen and oxygen atoms in total. The van der Waals surface area contributed by atoms with E-state index >= 15 is 0 Å². The number of hydrogen-bond donors (Lipinski definition) is 1. The van der Waals surface area contributed by atoms with Crippen LogP contribution in [0.4, 0.5) is 0 Å². The topological polar surface area (TPSA) is 46.2 Å². The highest BCUT2D eigenvalue weighted by molar-refractivity contribution is 7.89. The molecule has 1 atom stereocenters. The minimum Gasteiger partial charge on any atom is -0.208 e. The predicted molar refractivity (Wildman–Crippen MR) is 71.2 cm³/mol. The molecule has 17 heavy (non-hydrogen) atoms. The van der Waals surface area contributed by atoms with Crippen molar-refractivity contribution in [3.05, 3.63) is 29.3 Å². The van der Waals surface area contributed by atoms with Crippen LogP contribution in [0.15, 0.2) is 29.2 Å². The van der Waals surface area contributed by atoms with Gasteiger partial charge in [0.15, 0.2) is 0 Å². The SMILES string of the molecule is CC(CCCCl)NS(=O)(=O)c1ccc(Cl)cc1.